The molecule has 0 aromatic carbocycles. The first kappa shape index (κ1) is 19.5. The van der Waals surface area contributed by atoms with E-state index in [1.54, 1.807) is 11.9 Å². The molecule has 1 aliphatic rings. The van der Waals surface area contributed by atoms with Gasteiger partial charge in [0.1, 0.15) is 0 Å². The van der Waals surface area contributed by atoms with Crippen LogP contribution < -0.4 is 4.90 Å². The second-order valence-electron chi connectivity index (χ2n) is 7.59. The van der Waals surface area contributed by atoms with Crippen LogP contribution in [0, 0.1) is 5.92 Å². The zero-order chi connectivity index (χ0) is 18.8. The molecule has 0 bridgehead atoms. The molecular weight excluding hydrogens is 333 g/mol. The number of carbonyl (C=O) groups is 1. The van der Waals surface area contributed by atoms with E-state index < -0.39 is 12.6 Å². The fraction of sp³-hybridized carbons (Fsp3) is 0.706. The van der Waals surface area contributed by atoms with Crippen molar-refractivity contribution in [1.29, 1.82) is 0 Å². The van der Waals surface area contributed by atoms with E-state index >= 15 is 0 Å². The summed E-state index contributed by atoms with van der Waals surface area (Å²) in [6, 6.07) is 1.50. The van der Waals surface area contributed by atoms with E-state index in [4.69, 9.17) is 0 Å². The SMILES string of the molecule is CN(C[C@@H]1CC(=O)N(C(C)(C)C)C1)c1nccc(CCC(F)(F)F)n1. The molecule has 1 atom stereocenters. The van der Waals surface area contributed by atoms with Gasteiger partial charge in [0.05, 0.1) is 0 Å². The Morgan fingerprint density at radius 3 is 2.56 bits per heavy atom. The standard InChI is InChI=1S/C17H25F3N4O/c1-16(2,3)24-11-12(9-14(24)25)10-23(4)15-21-8-6-13(22-15)5-7-17(18,19)20/h6,8,12H,5,7,9-11H2,1-4H3/t12-/m0/s1. The molecule has 0 aliphatic carbocycles. The van der Waals surface area contributed by atoms with Gasteiger partial charge >= 0.3 is 6.18 Å². The van der Waals surface area contributed by atoms with Crippen LogP contribution in [-0.4, -0.2) is 52.6 Å². The monoisotopic (exact) mass is 358 g/mol. The van der Waals surface area contributed by atoms with E-state index in [9.17, 15) is 18.0 Å². The van der Waals surface area contributed by atoms with Gasteiger partial charge < -0.3 is 9.80 Å². The Bertz CT molecular complexity index is 613. The van der Waals surface area contributed by atoms with Gasteiger partial charge in [0.2, 0.25) is 11.9 Å². The maximum Gasteiger partial charge on any atom is 0.389 e. The van der Waals surface area contributed by atoms with E-state index in [1.165, 1.54) is 12.3 Å². The number of anilines is 1. The Kier molecular flexibility index (Phi) is 5.58. The molecule has 0 N–H and O–H groups in total. The Balaban J connectivity index is 1.97. The average molecular weight is 358 g/mol. The lowest BCUT2D eigenvalue weighted by atomic mass is 10.1. The largest absolute Gasteiger partial charge is 0.389 e. The van der Waals surface area contributed by atoms with Gasteiger partial charge in [-0.15, -0.1) is 0 Å². The number of carbonyl (C=O) groups excluding carboxylic acids is 1. The van der Waals surface area contributed by atoms with Crippen molar-refractivity contribution in [3.63, 3.8) is 0 Å². The van der Waals surface area contributed by atoms with Crippen LogP contribution in [0.5, 0.6) is 0 Å². The van der Waals surface area contributed by atoms with Gasteiger partial charge in [-0.25, -0.2) is 9.97 Å². The van der Waals surface area contributed by atoms with Gasteiger partial charge in [0, 0.05) is 56.3 Å². The van der Waals surface area contributed by atoms with E-state index in [0.717, 1.165) is 0 Å². The number of hydrogen-bond donors (Lipinski definition) is 0. The Labute approximate surface area is 146 Å². The van der Waals surface area contributed by atoms with Gasteiger partial charge in [0.25, 0.3) is 0 Å². The summed E-state index contributed by atoms with van der Waals surface area (Å²) in [7, 11) is 1.80. The van der Waals surface area contributed by atoms with Crippen LogP contribution in [-0.2, 0) is 11.2 Å². The first-order chi connectivity index (χ1) is 11.5. The lowest BCUT2D eigenvalue weighted by Crippen LogP contribution is -2.42. The van der Waals surface area contributed by atoms with Crippen LogP contribution in [0.15, 0.2) is 12.3 Å². The summed E-state index contributed by atoms with van der Waals surface area (Å²) in [5.41, 5.74) is 0.159. The minimum Gasteiger partial charge on any atom is -0.344 e. The van der Waals surface area contributed by atoms with Crippen LogP contribution >= 0.6 is 0 Å². The summed E-state index contributed by atoms with van der Waals surface area (Å²) in [5.74, 6) is 0.672. The van der Waals surface area contributed by atoms with Crippen LogP contribution in [0.25, 0.3) is 0 Å². The highest BCUT2D eigenvalue weighted by atomic mass is 19.4. The minimum absolute atomic E-state index is 0.130. The van der Waals surface area contributed by atoms with Crippen LogP contribution in [0.3, 0.4) is 0 Å². The molecule has 1 amide bonds. The molecule has 8 heteroatoms. The molecule has 5 nitrogen and oxygen atoms in total. The molecule has 2 rings (SSSR count). The highest BCUT2D eigenvalue weighted by Gasteiger charge is 2.36. The van der Waals surface area contributed by atoms with Crippen molar-refractivity contribution in [2.45, 2.75) is 51.7 Å². The maximum atomic E-state index is 12.4. The molecule has 0 unspecified atom stereocenters. The van der Waals surface area contributed by atoms with Crippen LogP contribution in [0.4, 0.5) is 19.1 Å². The summed E-state index contributed by atoms with van der Waals surface area (Å²) < 4.78 is 37.1. The number of rotatable bonds is 5. The van der Waals surface area contributed by atoms with Gasteiger partial charge in [-0.1, -0.05) is 0 Å². The van der Waals surface area contributed by atoms with Gasteiger partial charge in [0.15, 0.2) is 0 Å². The molecule has 1 fully saturated rings. The second-order valence-corrected chi connectivity index (χ2v) is 7.59. The highest BCUT2D eigenvalue weighted by Crippen LogP contribution is 2.27. The molecule has 0 spiro atoms. The van der Waals surface area contributed by atoms with Gasteiger partial charge in [-0.05, 0) is 33.3 Å². The molecule has 0 saturated carbocycles. The summed E-state index contributed by atoms with van der Waals surface area (Å²) in [4.78, 5) is 24.2. The number of aromatic nitrogens is 2. The number of halogens is 3. The number of alkyl halides is 3. The summed E-state index contributed by atoms with van der Waals surface area (Å²) in [5, 5.41) is 0. The number of hydrogen-bond acceptors (Lipinski definition) is 4. The van der Waals surface area contributed by atoms with Crippen molar-refractivity contribution >= 4 is 11.9 Å². The Morgan fingerprint density at radius 2 is 2.00 bits per heavy atom. The zero-order valence-corrected chi connectivity index (χ0v) is 15.1. The van der Waals surface area contributed by atoms with E-state index in [1.807, 2.05) is 25.7 Å². The molecule has 0 radical (unpaired) electrons. The Morgan fingerprint density at radius 1 is 1.32 bits per heavy atom. The number of amides is 1. The van der Waals surface area contributed by atoms with Gasteiger partial charge in [-0.2, -0.15) is 13.2 Å². The molecule has 1 aliphatic heterocycles. The van der Waals surface area contributed by atoms with Crippen molar-refractivity contribution in [3.05, 3.63) is 18.0 Å². The normalized spacial score (nSPS) is 18.8. The number of aryl methyl sites for hydroxylation is 1. The number of nitrogens with zero attached hydrogens (tertiary/aromatic N) is 4. The van der Waals surface area contributed by atoms with Gasteiger partial charge in [-0.3, -0.25) is 4.79 Å². The third-order valence-electron chi connectivity index (χ3n) is 4.25. The van der Waals surface area contributed by atoms with Crippen molar-refractivity contribution in [2.75, 3.05) is 25.0 Å². The predicted molar refractivity (Wildman–Crippen MR) is 89.3 cm³/mol. The third kappa shape index (κ3) is 5.57. The predicted octanol–water partition coefficient (Wildman–Crippen LogP) is 3.05. The molecule has 25 heavy (non-hydrogen) atoms. The van der Waals surface area contributed by atoms with E-state index in [-0.39, 0.29) is 23.8 Å². The molecule has 1 saturated heterocycles. The molecule has 1 aromatic heterocycles. The topological polar surface area (TPSA) is 49.3 Å². The van der Waals surface area contributed by atoms with Crippen LogP contribution in [0.2, 0.25) is 0 Å². The fourth-order valence-corrected chi connectivity index (χ4v) is 3.00. The molecular formula is C17H25F3N4O. The van der Waals surface area contributed by atoms with Crippen molar-refractivity contribution in [2.24, 2.45) is 5.92 Å². The van der Waals surface area contributed by atoms with Crippen LogP contribution in [0.1, 0.15) is 39.3 Å². The van der Waals surface area contributed by atoms with E-state index in [2.05, 4.69) is 9.97 Å². The minimum atomic E-state index is -4.20. The van der Waals surface area contributed by atoms with E-state index in [0.29, 0.717) is 31.2 Å². The lowest BCUT2D eigenvalue weighted by Gasteiger charge is -2.32. The van der Waals surface area contributed by atoms with Crippen molar-refractivity contribution < 1.29 is 18.0 Å². The lowest BCUT2D eigenvalue weighted by molar-refractivity contribution is -0.134. The van der Waals surface area contributed by atoms with Crippen molar-refractivity contribution in [1.82, 2.24) is 14.9 Å². The summed E-state index contributed by atoms with van der Waals surface area (Å²) >= 11 is 0. The summed E-state index contributed by atoms with van der Waals surface area (Å²) in [6.07, 6.45) is -3.31. The molecule has 2 heterocycles. The zero-order valence-electron chi connectivity index (χ0n) is 15.1. The first-order valence-electron chi connectivity index (χ1n) is 8.36. The average Bonchev–Trinajstić information content (AvgIpc) is 2.85. The second kappa shape index (κ2) is 7.17. The smallest absolute Gasteiger partial charge is 0.344 e. The molecule has 140 valence electrons. The highest BCUT2D eigenvalue weighted by molar-refractivity contribution is 5.79. The maximum absolute atomic E-state index is 12.4. The molecule has 1 aromatic rings. The first-order valence-corrected chi connectivity index (χ1v) is 8.36. The quantitative estimate of drug-likeness (QED) is 0.812. The van der Waals surface area contributed by atoms with Crippen molar-refractivity contribution in [3.8, 4) is 0 Å². The fourth-order valence-electron chi connectivity index (χ4n) is 3.00. The third-order valence-corrected chi connectivity index (χ3v) is 4.25. The summed E-state index contributed by atoms with van der Waals surface area (Å²) in [6.45, 7) is 7.26. The Hall–Kier alpha value is -1.86. The number of likely N-dealkylation sites (tertiary alicyclic amines) is 1.